The van der Waals surface area contributed by atoms with E-state index in [9.17, 15) is 9.59 Å². The SMILES string of the molecule is CCNC(=NCCC(=O)N1CCCC1)NC1CC(=O)N(c2ccccc2)C1. The molecule has 2 fully saturated rings. The first-order valence-corrected chi connectivity index (χ1v) is 9.85. The molecule has 1 atom stereocenters. The number of guanidine groups is 1. The van der Waals surface area contributed by atoms with Gasteiger partial charge in [-0.15, -0.1) is 0 Å². The van der Waals surface area contributed by atoms with Gasteiger partial charge < -0.3 is 20.4 Å². The van der Waals surface area contributed by atoms with Gasteiger partial charge in [0.25, 0.3) is 0 Å². The van der Waals surface area contributed by atoms with Gasteiger partial charge >= 0.3 is 0 Å². The largest absolute Gasteiger partial charge is 0.357 e. The summed E-state index contributed by atoms with van der Waals surface area (Å²) >= 11 is 0. The molecule has 3 rings (SSSR count). The first kappa shape index (κ1) is 19.2. The second-order valence-corrected chi connectivity index (χ2v) is 6.98. The molecule has 2 aliphatic heterocycles. The lowest BCUT2D eigenvalue weighted by Gasteiger charge is -2.19. The Morgan fingerprint density at radius 1 is 1.22 bits per heavy atom. The number of nitrogens with one attached hydrogen (secondary N) is 2. The summed E-state index contributed by atoms with van der Waals surface area (Å²) in [5.74, 6) is 0.955. The van der Waals surface area contributed by atoms with Gasteiger partial charge in [-0.1, -0.05) is 18.2 Å². The van der Waals surface area contributed by atoms with Crippen LogP contribution in [0.3, 0.4) is 0 Å². The third-order valence-corrected chi connectivity index (χ3v) is 4.93. The van der Waals surface area contributed by atoms with Gasteiger partial charge in [0.2, 0.25) is 11.8 Å². The van der Waals surface area contributed by atoms with E-state index in [0.29, 0.717) is 31.9 Å². The molecule has 1 unspecified atom stereocenters. The smallest absolute Gasteiger partial charge is 0.229 e. The van der Waals surface area contributed by atoms with Crippen molar-refractivity contribution < 1.29 is 9.59 Å². The number of nitrogens with zero attached hydrogens (tertiary/aromatic N) is 3. The maximum absolute atomic E-state index is 12.4. The van der Waals surface area contributed by atoms with Crippen molar-refractivity contribution in [3.05, 3.63) is 30.3 Å². The van der Waals surface area contributed by atoms with E-state index in [1.807, 2.05) is 42.2 Å². The van der Waals surface area contributed by atoms with Crippen LogP contribution in [0.25, 0.3) is 0 Å². The number of hydrogen-bond acceptors (Lipinski definition) is 3. The van der Waals surface area contributed by atoms with Gasteiger partial charge in [-0.05, 0) is 31.9 Å². The molecule has 2 N–H and O–H groups in total. The van der Waals surface area contributed by atoms with E-state index in [1.165, 1.54) is 0 Å². The summed E-state index contributed by atoms with van der Waals surface area (Å²) in [4.78, 5) is 32.7. The highest BCUT2D eigenvalue weighted by Crippen LogP contribution is 2.20. The molecular weight excluding hydrogens is 342 g/mol. The Kier molecular flexibility index (Phi) is 6.68. The maximum atomic E-state index is 12.4. The molecular formula is C20H29N5O2. The number of hydrogen-bond donors (Lipinski definition) is 2. The van der Waals surface area contributed by atoms with Crippen LogP contribution in [0.1, 0.15) is 32.6 Å². The molecule has 2 amide bonds. The Labute approximate surface area is 160 Å². The predicted molar refractivity (Wildman–Crippen MR) is 107 cm³/mol. The molecule has 1 aromatic rings. The van der Waals surface area contributed by atoms with E-state index in [-0.39, 0.29) is 17.9 Å². The average Bonchev–Trinajstić information content (AvgIpc) is 3.32. The fourth-order valence-corrected chi connectivity index (χ4v) is 3.56. The standard InChI is InChI=1S/C20H29N5O2/c1-2-21-20(22-11-10-18(26)24-12-6-7-13-24)23-16-14-19(27)25(15-16)17-8-4-3-5-9-17/h3-5,8-9,16H,2,6-7,10-15H2,1H3,(H2,21,22,23). The first-order chi connectivity index (χ1) is 13.2. The normalized spacial score (nSPS) is 20.3. The van der Waals surface area contributed by atoms with Crippen molar-refractivity contribution in [2.24, 2.45) is 4.99 Å². The minimum Gasteiger partial charge on any atom is -0.357 e. The van der Waals surface area contributed by atoms with Gasteiger partial charge in [-0.3, -0.25) is 14.6 Å². The maximum Gasteiger partial charge on any atom is 0.229 e. The van der Waals surface area contributed by atoms with Gasteiger partial charge in [-0.25, -0.2) is 0 Å². The summed E-state index contributed by atoms with van der Waals surface area (Å²) in [5, 5.41) is 6.55. The summed E-state index contributed by atoms with van der Waals surface area (Å²) < 4.78 is 0. The third kappa shape index (κ3) is 5.21. The number of amides is 2. The fourth-order valence-electron chi connectivity index (χ4n) is 3.56. The van der Waals surface area contributed by atoms with E-state index in [2.05, 4.69) is 15.6 Å². The van der Waals surface area contributed by atoms with Gasteiger partial charge in [0.05, 0.1) is 12.6 Å². The van der Waals surface area contributed by atoms with Gasteiger partial charge in [0.1, 0.15) is 0 Å². The van der Waals surface area contributed by atoms with Crippen molar-refractivity contribution in [3.63, 3.8) is 0 Å². The third-order valence-electron chi connectivity index (χ3n) is 4.93. The monoisotopic (exact) mass is 371 g/mol. The summed E-state index contributed by atoms with van der Waals surface area (Å²) in [5.41, 5.74) is 0.921. The summed E-state index contributed by atoms with van der Waals surface area (Å²) in [6.45, 7) is 5.55. The topological polar surface area (TPSA) is 77.0 Å². The number of para-hydroxylation sites is 1. The van der Waals surface area contributed by atoms with Crippen LogP contribution in [-0.4, -0.2) is 61.4 Å². The lowest BCUT2D eigenvalue weighted by atomic mass is 10.2. The number of aliphatic imine (C=N–C) groups is 1. The number of anilines is 1. The molecule has 0 saturated carbocycles. The van der Waals surface area contributed by atoms with Crippen molar-refractivity contribution in [3.8, 4) is 0 Å². The van der Waals surface area contributed by atoms with Crippen molar-refractivity contribution >= 4 is 23.5 Å². The molecule has 27 heavy (non-hydrogen) atoms. The molecule has 7 nitrogen and oxygen atoms in total. The second kappa shape index (κ2) is 9.39. The highest BCUT2D eigenvalue weighted by Gasteiger charge is 2.31. The second-order valence-electron chi connectivity index (χ2n) is 6.98. The molecule has 7 heteroatoms. The van der Waals surface area contributed by atoms with Crippen LogP contribution in [-0.2, 0) is 9.59 Å². The molecule has 0 aliphatic carbocycles. The van der Waals surface area contributed by atoms with E-state index < -0.39 is 0 Å². The van der Waals surface area contributed by atoms with Crippen LogP contribution in [0, 0.1) is 0 Å². The fraction of sp³-hybridized carbons (Fsp3) is 0.550. The lowest BCUT2D eigenvalue weighted by molar-refractivity contribution is -0.129. The van der Waals surface area contributed by atoms with Gasteiger partial charge in [0, 0.05) is 44.7 Å². The molecule has 0 radical (unpaired) electrons. The van der Waals surface area contributed by atoms with Crippen LogP contribution in [0.5, 0.6) is 0 Å². The minimum atomic E-state index is 0.00443. The molecule has 0 bridgehead atoms. The van der Waals surface area contributed by atoms with Crippen molar-refractivity contribution in [1.29, 1.82) is 0 Å². The summed E-state index contributed by atoms with van der Waals surface area (Å²) in [6.07, 6.45) is 3.07. The van der Waals surface area contributed by atoms with Gasteiger partial charge in [-0.2, -0.15) is 0 Å². The van der Waals surface area contributed by atoms with Crippen molar-refractivity contribution in [2.45, 2.75) is 38.6 Å². The summed E-state index contributed by atoms with van der Waals surface area (Å²) in [7, 11) is 0. The first-order valence-electron chi connectivity index (χ1n) is 9.85. The lowest BCUT2D eigenvalue weighted by Crippen LogP contribution is -2.44. The van der Waals surface area contributed by atoms with Crippen molar-refractivity contribution in [2.75, 3.05) is 37.6 Å². The molecule has 1 aromatic carbocycles. The van der Waals surface area contributed by atoms with Crippen molar-refractivity contribution in [1.82, 2.24) is 15.5 Å². The zero-order chi connectivity index (χ0) is 19.1. The van der Waals surface area contributed by atoms with E-state index in [1.54, 1.807) is 4.90 Å². The number of benzene rings is 1. The van der Waals surface area contributed by atoms with Crippen LogP contribution in [0.4, 0.5) is 5.69 Å². The van der Waals surface area contributed by atoms with E-state index in [4.69, 9.17) is 0 Å². The van der Waals surface area contributed by atoms with Crippen LogP contribution < -0.4 is 15.5 Å². The summed E-state index contributed by atoms with van der Waals surface area (Å²) in [6, 6.07) is 9.72. The van der Waals surface area contributed by atoms with Gasteiger partial charge in [0.15, 0.2) is 5.96 Å². The number of carbonyl (C=O) groups is 2. The number of rotatable bonds is 6. The Hall–Kier alpha value is -2.57. The Morgan fingerprint density at radius 2 is 1.96 bits per heavy atom. The zero-order valence-corrected chi connectivity index (χ0v) is 16.0. The highest BCUT2D eigenvalue weighted by atomic mass is 16.2. The number of carbonyl (C=O) groups excluding carboxylic acids is 2. The molecule has 146 valence electrons. The quantitative estimate of drug-likeness (QED) is 0.585. The van der Waals surface area contributed by atoms with Crippen LogP contribution in [0.15, 0.2) is 35.3 Å². The Balaban J connectivity index is 1.53. The number of likely N-dealkylation sites (tertiary alicyclic amines) is 1. The zero-order valence-electron chi connectivity index (χ0n) is 16.0. The highest BCUT2D eigenvalue weighted by molar-refractivity contribution is 5.97. The molecule has 2 heterocycles. The van der Waals surface area contributed by atoms with E-state index >= 15 is 0 Å². The predicted octanol–water partition coefficient (Wildman–Crippen LogP) is 1.36. The van der Waals surface area contributed by atoms with Crippen LogP contribution >= 0.6 is 0 Å². The van der Waals surface area contributed by atoms with Crippen LogP contribution in [0.2, 0.25) is 0 Å². The Morgan fingerprint density at radius 3 is 2.67 bits per heavy atom. The molecule has 2 saturated heterocycles. The molecule has 2 aliphatic rings. The molecule has 0 spiro atoms. The Bertz CT molecular complexity index is 670. The molecule has 0 aromatic heterocycles. The van der Waals surface area contributed by atoms with E-state index in [0.717, 1.165) is 38.2 Å². The average molecular weight is 371 g/mol. The minimum absolute atomic E-state index is 0.00443.